The van der Waals surface area contributed by atoms with Crippen LogP contribution in [0.5, 0.6) is 0 Å². The first-order chi connectivity index (χ1) is 9.19. The summed E-state index contributed by atoms with van der Waals surface area (Å²) in [6.07, 6.45) is 6.49. The summed E-state index contributed by atoms with van der Waals surface area (Å²) < 4.78 is 6.73. The van der Waals surface area contributed by atoms with Crippen molar-refractivity contribution >= 4 is 11.7 Å². The molecule has 0 atom stereocenters. The zero-order chi connectivity index (χ0) is 13.7. The summed E-state index contributed by atoms with van der Waals surface area (Å²) >= 11 is 0. The Morgan fingerprint density at radius 1 is 1.58 bits per heavy atom. The smallest absolute Gasteiger partial charge is 0.322 e. The molecule has 0 fully saturated rings. The Morgan fingerprint density at radius 3 is 3.11 bits per heavy atom. The highest BCUT2D eigenvalue weighted by Crippen LogP contribution is 2.12. The van der Waals surface area contributed by atoms with Gasteiger partial charge in [-0.05, 0) is 13.3 Å². The Morgan fingerprint density at radius 2 is 2.42 bits per heavy atom. The highest BCUT2D eigenvalue weighted by atomic mass is 16.5. The number of hydrogen-bond acceptors (Lipinski definition) is 3. The number of amides is 2. The quantitative estimate of drug-likeness (QED) is 0.842. The van der Waals surface area contributed by atoms with Gasteiger partial charge < -0.3 is 15.0 Å². The molecule has 0 aliphatic carbocycles. The van der Waals surface area contributed by atoms with Gasteiger partial charge in [0.05, 0.1) is 25.0 Å². The lowest BCUT2D eigenvalue weighted by atomic mass is 10.1. The number of nitrogens with one attached hydrogen (secondary N) is 1. The summed E-state index contributed by atoms with van der Waals surface area (Å²) in [5.41, 5.74) is 2.06. The van der Waals surface area contributed by atoms with E-state index >= 15 is 0 Å². The fourth-order valence-corrected chi connectivity index (χ4v) is 1.89. The maximum atomic E-state index is 12.0. The summed E-state index contributed by atoms with van der Waals surface area (Å²) in [4.78, 5) is 13.8. The second-order valence-electron chi connectivity index (χ2n) is 4.66. The van der Waals surface area contributed by atoms with Crippen LogP contribution in [-0.4, -0.2) is 47.5 Å². The maximum absolute atomic E-state index is 12.0. The minimum Gasteiger partial charge on any atom is -0.383 e. The van der Waals surface area contributed by atoms with Crippen molar-refractivity contribution in [3.05, 3.63) is 24.0 Å². The standard InChI is InChI=1S/C13H20N4O2/c1-11-3-5-16(6-4-11)13(18)15-12-9-14-17(10-12)7-8-19-2/h3,9-10H,4-8H2,1-2H3,(H,15,18). The van der Waals surface area contributed by atoms with Crippen molar-refractivity contribution in [2.45, 2.75) is 19.9 Å². The summed E-state index contributed by atoms with van der Waals surface area (Å²) in [6, 6.07) is -0.0740. The number of anilines is 1. The number of urea groups is 1. The fraction of sp³-hybridized carbons (Fsp3) is 0.538. The Balaban J connectivity index is 1.86. The molecule has 0 saturated carbocycles. The van der Waals surface area contributed by atoms with Gasteiger partial charge >= 0.3 is 6.03 Å². The second-order valence-corrected chi connectivity index (χ2v) is 4.66. The van der Waals surface area contributed by atoms with Crippen molar-refractivity contribution in [3.63, 3.8) is 0 Å². The molecule has 2 heterocycles. The van der Waals surface area contributed by atoms with Gasteiger partial charge in [0, 0.05) is 26.4 Å². The molecule has 0 bridgehead atoms. The van der Waals surface area contributed by atoms with E-state index in [9.17, 15) is 4.79 Å². The molecule has 1 aromatic heterocycles. The minimum atomic E-state index is -0.0740. The van der Waals surface area contributed by atoms with Gasteiger partial charge in [0.15, 0.2) is 0 Å². The maximum Gasteiger partial charge on any atom is 0.322 e. The number of rotatable bonds is 4. The van der Waals surface area contributed by atoms with E-state index in [4.69, 9.17) is 4.74 Å². The molecule has 0 aromatic carbocycles. The van der Waals surface area contributed by atoms with Gasteiger partial charge in [-0.1, -0.05) is 11.6 Å². The lowest BCUT2D eigenvalue weighted by molar-refractivity contribution is 0.183. The Labute approximate surface area is 113 Å². The van der Waals surface area contributed by atoms with E-state index in [2.05, 4.69) is 23.4 Å². The predicted octanol–water partition coefficient (Wildman–Crippen LogP) is 1.71. The Hall–Kier alpha value is -1.82. The second kappa shape index (κ2) is 6.38. The molecule has 0 spiro atoms. The Bertz CT molecular complexity index is 467. The van der Waals surface area contributed by atoms with E-state index in [0.29, 0.717) is 25.4 Å². The van der Waals surface area contributed by atoms with Crippen molar-refractivity contribution in [1.82, 2.24) is 14.7 Å². The first-order valence-electron chi connectivity index (χ1n) is 6.42. The number of methoxy groups -OCH3 is 1. The molecule has 1 aliphatic rings. The molecule has 0 saturated heterocycles. The fourth-order valence-electron chi connectivity index (χ4n) is 1.89. The largest absolute Gasteiger partial charge is 0.383 e. The lowest BCUT2D eigenvalue weighted by Gasteiger charge is -2.25. The van der Waals surface area contributed by atoms with E-state index in [-0.39, 0.29) is 6.03 Å². The number of ether oxygens (including phenoxy) is 1. The highest BCUT2D eigenvalue weighted by Gasteiger charge is 2.16. The summed E-state index contributed by atoms with van der Waals surface area (Å²) in [5, 5.41) is 7.01. The van der Waals surface area contributed by atoms with E-state index < -0.39 is 0 Å². The summed E-state index contributed by atoms with van der Waals surface area (Å²) in [5.74, 6) is 0. The van der Waals surface area contributed by atoms with Gasteiger partial charge in [-0.2, -0.15) is 5.10 Å². The van der Waals surface area contributed by atoms with Crippen molar-refractivity contribution in [3.8, 4) is 0 Å². The average Bonchev–Trinajstić information content (AvgIpc) is 2.84. The first kappa shape index (κ1) is 13.6. The Kier molecular flexibility index (Phi) is 4.57. The third kappa shape index (κ3) is 3.82. The molecule has 1 aromatic rings. The van der Waals surface area contributed by atoms with Crippen molar-refractivity contribution < 1.29 is 9.53 Å². The van der Waals surface area contributed by atoms with Crippen LogP contribution in [0.3, 0.4) is 0 Å². The summed E-state index contributed by atoms with van der Waals surface area (Å²) in [6.45, 7) is 4.82. The minimum absolute atomic E-state index is 0.0740. The molecule has 104 valence electrons. The molecule has 2 amide bonds. The van der Waals surface area contributed by atoms with E-state index in [1.165, 1.54) is 5.57 Å². The van der Waals surface area contributed by atoms with Gasteiger partial charge in [-0.25, -0.2) is 4.79 Å². The molecule has 2 rings (SSSR count). The molecule has 1 aliphatic heterocycles. The van der Waals surface area contributed by atoms with Gasteiger partial charge in [0.25, 0.3) is 0 Å². The van der Waals surface area contributed by atoms with E-state index in [1.807, 2.05) is 6.20 Å². The van der Waals surface area contributed by atoms with Crippen molar-refractivity contribution in [1.29, 1.82) is 0 Å². The zero-order valence-corrected chi connectivity index (χ0v) is 11.4. The van der Waals surface area contributed by atoms with Crippen LogP contribution in [0.1, 0.15) is 13.3 Å². The third-order valence-corrected chi connectivity index (χ3v) is 3.13. The number of nitrogens with zero attached hydrogens (tertiary/aromatic N) is 3. The molecule has 0 unspecified atom stereocenters. The van der Waals surface area contributed by atoms with Crippen molar-refractivity contribution in [2.24, 2.45) is 0 Å². The number of carbonyl (C=O) groups excluding carboxylic acids is 1. The van der Waals surface area contributed by atoms with Crippen LogP contribution in [0.2, 0.25) is 0 Å². The SMILES string of the molecule is COCCn1cc(NC(=O)N2CC=C(C)CC2)cn1. The summed E-state index contributed by atoms with van der Waals surface area (Å²) in [7, 11) is 1.65. The molecule has 19 heavy (non-hydrogen) atoms. The number of hydrogen-bond donors (Lipinski definition) is 1. The van der Waals surface area contributed by atoms with Crippen molar-refractivity contribution in [2.75, 3.05) is 32.1 Å². The van der Waals surface area contributed by atoms with Crippen LogP contribution in [0.4, 0.5) is 10.5 Å². The predicted molar refractivity (Wildman–Crippen MR) is 73.1 cm³/mol. The normalized spacial score (nSPS) is 15.3. The van der Waals surface area contributed by atoms with E-state index in [0.717, 1.165) is 13.0 Å². The lowest BCUT2D eigenvalue weighted by Crippen LogP contribution is -2.37. The van der Waals surface area contributed by atoms with Gasteiger partial charge in [-0.15, -0.1) is 0 Å². The van der Waals surface area contributed by atoms with Gasteiger partial charge in [0.1, 0.15) is 0 Å². The molecule has 6 heteroatoms. The molecular formula is C13H20N4O2. The van der Waals surface area contributed by atoms with Crippen LogP contribution in [0.25, 0.3) is 0 Å². The van der Waals surface area contributed by atoms with Crippen LogP contribution in [0, 0.1) is 0 Å². The van der Waals surface area contributed by atoms with Crippen LogP contribution in [0.15, 0.2) is 24.0 Å². The number of aromatic nitrogens is 2. The average molecular weight is 264 g/mol. The van der Waals surface area contributed by atoms with Crippen LogP contribution >= 0.6 is 0 Å². The topological polar surface area (TPSA) is 59.4 Å². The van der Waals surface area contributed by atoms with Crippen LogP contribution in [-0.2, 0) is 11.3 Å². The number of carbonyl (C=O) groups is 1. The molecule has 1 N–H and O–H groups in total. The highest BCUT2D eigenvalue weighted by molar-refractivity contribution is 5.89. The van der Waals surface area contributed by atoms with Gasteiger partial charge in [0.2, 0.25) is 0 Å². The third-order valence-electron chi connectivity index (χ3n) is 3.13. The zero-order valence-electron chi connectivity index (χ0n) is 11.4. The van der Waals surface area contributed by atoms with Crippen LogP contribution < -0.4 is 5.32 Å². The molecule has 0 radical (unpaired) electrons. The van der Waals surface area contributed by atoms with E-state index in [1.54, 1.807) is 22.9 Å². The molecular weight excluding hydrogens is 244 g/mol. The molecule has 6 nitrogen and oxygen atoms in total. The first-order valence-corrected chi connectivity index (χ1v) is 6.42. The monoisotopic (exact) mass is 264 g/mol. The van der Waals surface area contributed by atoms with Gasteiger partial charge in [-0.3, -0.25) is 4.68 Å².